The number of hydrogen-bond donors (Lipinski definition) is 0. The summed E-state index contributed by atoms with van der Waals surface area (Å²) in [7, 11) is 0. The van der Waals surface area contributed by atoms with Crippen LogP contribution >= 0.6 is 0 Å². The molecule has 0 saturated carbocycles. The topological polar surface area (TPSA) is 75.5 Å². The molecule has 2 aliphatic heterocycles. The van der Waals surface area contributed by atoms with Crippen LogP contribution in [0.15, 0.2) is 47.5 Å². The molecule has 2 aliphatic rings. The second kappa shape index (κ2) is 9.45. The van der Waals surface area contributed by atoms with Crippen LogP contribution in [-0.4, -0.2) is 56.8 Å². The van der Waals surface area contributed by atoms with Crippen LogP contribution in [0.1, 0.15) is 38.7 Å². The largest absolute Gasteiger partial charge is 0.347 e. The summed E-state index contributed by atoms with van der Waals surface area (Å²) >= 11 is 0. The molecule has 2 aromatic rings. The molecule has 1 spiro atoms. The van der Waals surface area contributed by atoms with Gasteiger partial charge in [-0.3, -0.25) is 14.2 Å². The summed E-state index contributed by atoms with van der Waals surface area (Å²) in [4.78, 5) is 45.6. The third-order valence-corrected chi connectivity index (χ3v) is 6.89. The zero-order chi connectivity index (χ0) is 23.6. The quantitative estimate of drug-likeness (QED) is 0.672. The zero-order valence-corrected chi connectivity index (χ0v) is 19.2. The molecule has 2 amide bonds. The van der Waals surface area contributed by atoms with E-state index in [0.717, 1.165) is 12.0 Å². The van der Waals surface area contributed by atoms with Gasteiger partial charge in [0.2, 0.25) is 11.8 Å². The number of piperidine rings is 1. The van der Waals surface area contributed by atoms with Crippen molar-refractivity contribution in [1.29, 1.82) is 0 Å². The van der Waals surface area contributed by atoms with Crippen molar-refractivity contribution in [3.63, 3.8) is 0 Å². The van der Waals surface area contributed by atoms with Crippen molar-refractivity contribution in [2.24, 2.45) is 11.3 Å². The lowest BCUT2D eigenvalue weighted by atomic mass is 9.75. The van der Waals surface area contributed by atoms with Gasteiger partial charge in [0.15, 0.2) is 0 Å². The van der Waals surface area contributed by atoms with Gasteiger partial charge < -0.3 is 9.80 Å². The number of rotatable bonds is 6. The second-order valence-electron chi connectivity index (χ2n) is 9.73. The van der Waals surface area contributed by atoms with Crippen molar-refractivity contribution >= 4 is 11.8 Å². The number of nitrogens with zero attached hydrogens (tertiary/aromatic N) is 4. The third kappa shape index (κ3) is 4.99. The molecule has 0 radical (unpaired) electrons. The molecule has 2 saturated heterocycles. The molecular formula is C25H31FN4O3. The highest BCUT2D eigenvalue weighted by atomic mass is 19.1. The summed E-state index contributed by atoms with van der Waals surface area (Å²) in [6.07, 6.45) is 5.66. The van der Waals surface area contributed by atoms with Gasteiger partial charge in [-0.05, 0) is 55.4 Å². The Morgan fingerprint density at radius 1 is 1.18 bits per heavy atom. The molecule has 3 heterocycles. The van der Waals surface area contributed by atoms with Gasteiger partial charge in [0, 0.05) is 38.1 Å². The molecule has 8 heteroatoms. The molecule has 176 valence electrons. The molecule has 7 nitrogen and oxygen atoms in total. The average molecular weight is 455 g/mol. The van der Waals surface area contributed by atoms with E-state index >= 15 is 0 Å². The molecule has 1 unspecified atom stereocenters. The first-order chi connectivity index (χ1) is 15.8. The minimum atomic E-state index is -0.457. The van der Waals surface area contributed by atoms with Gasteiger partial charge in [-0.25, -0.2) is 14.2 Å². The van der Waals surface area contributed by atoms with Crippen molar-refractivity contribution in [3.8, 4) is 0 Å². The Balaban J connectivity index is 1.44. The maximum absolute atomic E-state index is 13.6. The van der Waals surface area contributed by atoms with Crippen molar-refractivity contribution in [1.82, 2.24) is 19.4 Å². The fraction of sp³-hybridized carbons (Fsp3) is 0.520. The van der Waals surface area contributed by atoms with E-state index in [9.17, 15) is 18.8 Å². The van der Waals surface area contributed by atoms with E-state index in [0.29, 0.717) is 44.8 Å². The van der Waals surface area contributed by atoms with E-state index in [1.165, 1.54) is 22.9 Å². The summed E-state index contributed by atoms with van der Waals surface area (Å²) in [5, 5.41) is 0. The summed E-state index contributed by atoms with van der Waals surface area (Å²) in [5.41, 5.74) is 0.120. The lowest BCUT2D eigenvalue weighted by Gasteiger charge is -2.38. The van der Waals surface area contributed by atoms with Gasteiger partial charge in [-0.2, -0.15) is 0 Å². The Labute approximate surface area is 193 Å². The Kier molecular flexibility index (Phi) is 6.63. The fourth-order valence-electron chi connectivity index (χ4n) is 5.17. The maximum Gasteiger partial charge on any atom is 0.347 e. The molecule has 1 aromatic carbocycles. The Hall–Kier alpha value is -3.03. The van der Waals surface area contributed by atoms with Crippen LogP contribution in [-0.2, 0) is 22.6 Å². The van der Waals surface area contributed by atoms with Crippen LogP contribution in [0.4, 0.5) is 4.39 Å². The Bertz CT molecular complexity index is 1060. The van der Waals surface area contributed by atoms with Crippen molar-refractivity contribution in [2.45, 2.75) is 52.1 Å². The molecule has 0 bridgehead atoms. The first-order valence-corrected chi connectivity index (χ1v) is 11.6. The first-order valence-electron chi connectivity index (χ1n) is 11.6. The van der Waals surface area contributed by atoms with Gasteiger partial charge in [0.1, 0.15) is 12.4 Å². The minimum absolute atomic E-state index is 0.0414. The standard InChI is InChI=1S/C25H31FN4O3/c1-18(2)16-30-21(14-19-4-6-20(26)7-5-19)15-25(23(30)32)8-12-28(13-9-25)22(31)17-29-11-3-10-27-24(29)33/h3-7,10-11,18,21H,8-9,12-17H2,1-2H3. The number of aromatic nitrogens is 2. The maximum atomic E-state index is 13.6. The summed E-state index contributed by atoms with van der Waals surface area (Å²) in [6.45, 7) is 5.86. The molecule has 33 heavy (non-hydrogen) atoms. The number of carbonyl (C=O) groups is 2. The predicted octanol–water partition coefficient (Wildman–Crippen LogP) is 2.49. The smallest absolute Gasteiger partial charge is 0.341 e. The van der Waals surface area contributed by atoms with E-state index in [2.05, 4.69) is 18.8 Å². The van der Waals surface area contributed by atoms with E-state index in [1.807, 2.05) is 4.90 Å². The van der Waals surface area contributed by atoms with Crippen molar-refractivity contribution in [2.75, 3.05) is 19.6 Å². The number of carbonyl (C=O) groups excluding carboxylic acids is 2. The number of benzene rings is 1. The third-order valence-electron chi connectivity index (χ3n) is 6.89. The fourth-order valence-corrected chi connectivity index (χ4v) is 5.17. The lowest BCUT2D eigenvalue weighted by molar-refractivity contribution is -0.143. The number of amides is 2. The van der Waals surface area contributed by atoms with Gasteiger partial charge in [-0.1, -0.05) is 26.0 Å². The summed E-state index contributed by atoms with van der Waals surface area (Å²) in [5.74, 6) is 0.132. The SMILES string of the molecule is CC(C)CN1C(=O)C2(CCN(C(=O)Cn3cccnc3=O)CC2)CC1Cc1ccc(F)cc1. The van der Waals surface area contributed by atoms with Crippen molar-refractivity contribution < 1.29 is 14.0 Å². The molecule has 0 N–H and O–H groups in total. The van der Waals surface area contributed by atoms with Crippen LogP contribution < -0.4 is 5.69 Å². The highest BCUT2D eigenvalue weighted by Crippen LogP contribution is 2.45. The average Bonchev–Trinajstić information content (AvgIpc) is 3.02. The predicted molar refractivity (Wildman–Crippen MR) is 122 cm³/mol. The van der Waals surface area contributed by atoms with Crippen LogP contribution in [0.25, 0.3) is 0 Å². The van der Waals surface area contributed by atoms with Crippen LogP contribution in [0.2, 0.25) is 0 Å². The monoisotopic (exact) mass is 454 g/mol. The van der Waals surface area contributed by atoms with Crippen LogP contribution in [0.5, 0.6) is 0 Å². The van der Waals surface area contributed by atoms with Crippen LogP contribution in [0, 0.1) is 17.2 Å². The molecule has 2 fully saturated rings. The molecule has 1 aromatic heterocycles. The lowest BCUT2D eigenvalue weighted by Crippen LogP contribution is -2.48. The molecular weight excluding hydrogens is 423 g/mol. The molecule has 1 atom stereocenters. The highest BCUT2D eigenvalue weighted by Gasteiger charge is 2.52. The van der Waals surface area contributed by atoms with Gasteiger partial charge >= 0.3 is 5.69 Å². The second-order valence-corrected chi connectivity index (χ2v) is 9.73. The highest BCUT2D eigenvalue weighted by molar-refractivity contribution is 5.86. The number of hydrogen-bond acceptors (Lipinski definition) is 4. The van der Waals surface area contributed by atoms with Crippen LogP contribution in [0.3, 0.4) is 0 Å². The van der Waals surface area contributed by atoms with Gasteiger partial charge in [0.25, 0.3) is 0 Å². The first kappa shape index (κ1) is 23.1. The molecule has 4 rings (SSSR count). The Morgan fingerprint density at radius 2 is 1.88 bits per heavy atom. The summed E-state index contributed by atoms with van der Waals surface area (Å²) < 4.78 is 14.6. The van der Waals surface area contributed by atoms with E-state index < -0.39 is 11.1 Å². The molecule has 0 aliphatic carbocycles. The number of likely N-dealkylation sites (tertiary alicyclic amines) is 2. The minimum Gasteiger partial charge on any atom is -0.341 e. The van der Waals surface area contributed by atoms with Gasteiger partial charge in [-0.15, -0.1) is 0 Å². The van der Waals surface area contributed by atoms with E-state index in [1.54, 1.807) is 29.3 Å². The summed E-state index contributed by atoms with van der Waals surface area (Å²) in [6, 6.07) is 8.21. The number of halogens is 1. The van der Waals surface area contributed by atoms with E-state index in [-0.39, 0.29) is 30.2 Å². The van der Waals surface area contributed by atoms with Gasteiger partial charge in [0.05, 0.1) is 5.41 Å². The zero-order valence-electron chi connectivity index (χ0n) is 19.2. The normalized spacial score (nSPS) is 20.1. The van der Waals surface area contributed by atoms with E-state index in [4.69, 9.17) is 0 Å². The Morgan fingerprint density at radius 3 is 2.52 bits per heavy atom. The van der Waals surface area contributed by atoms with Crippen molar-refractivity contribution in [3.05, 3.63) is 64.6 Å².